The summed E-state index contributed by atoms with van der Waals surface area (Å²) in [5.41, 5.74) is -0.302. The van der Waals surface area contributed by atoms with Gasteiger partial charge in [-0.2, -0.15) is 0 Å². The highest BCUT2D eigenvalue weighted by atomic mass is 16.6. The number of epoxide rings is 1. The van der Waals surface area contributed by atoms with Gasteiger partial charge in [-0.25, -0.2) is 0 Å². The Morgan fingerprint density at radius 2 is 1.94 bits per heavy atom. The Kier molecular flexibility index (Phi) is 11.2. The highest BCUT2D eigenvalue weighted by molar-refractivity contribution is 5.70. The van der Waals surface area contributed by atoms with Crippen LogP contribution in [0.3, 0.4) is 0 Å². The van der Waals surface area contributed by atoms with Crippen molar-refractivity contribution in [1.29, 1.82) is 0 Å². The summed E-state index contributed by atoms with van der Waals surface area (Å²) in [6, 6.07) is 0. The molecule has 0 aliphatic carbocycles. The summed E-state index contributed by atoms with van der Waals surface area (Å²) in [5, 5.41) is 41.4. The van der Waals surface area contributed by atoms with Gasteiger partial charge in [-0.15, -0.1) is 0 Å². The van der Waals surface area contributed by atoms with Gasteiger partial charge in [0.25, 0.3) is 0 Å². The number of rotatable bonds is 8. The molecule has 1 saturated heterocycles. The summed E-state index contributed by atoms with van der Waals surface area (Å²) >= 11 is 0. The first-order valence-corrected chi connectivity index (χ1v) is 13.0. The zero-order valence-electron chi connectivity index (χ0n) is 22.1. The Balaban J connectivity index is 2.07. The number of hydrogen-bond donors (Lipinski definition) is 4. The maximum absolute atomic E-state index is 12.5. The van der Waals surface area contributed by atoms with E-state index in [-0.39, 0.29) is 36.4 Å². The van der Waals surface area contributed by atoms with E-state index in [0.29, 0.717) is 25.7 Å². The van der Waals surface area contributed by atoms with Crippen LogP contribution in [0.5, 0.6) is 0 Å². The number of ether oxygens (including phenoxy) is 2. The Hall–Kier alpha value is -1.51. The first-order valence-electron chi connectivity index (χ1n) is 13.0. The third-order valence-corrected chi connectivity index (χ3v) is 7.33. The molecular weight excluding hydrogens is 448 g/mol. The molecule has 0 aromatic carbocycles. The minimum atomic E-state index is -1.09. The molecule has 7 nitrogen and oxygen atoms in total. The first kappa shape index (κ1) is 29.7. The second-order valence-corrected chi connectivity index (χ2v) is 10.9. The summed E-state index contributed by atoms with van der Waals surface area (Å²) < 4.78 is 11.4. The van der Waals surface area contributed by atoms with Crippen LogP contribution < -0.4 is 0 Å². The highest BCUT2D eigenvalue weighted by Crippen LogP contribution is 2.37. The molecule has 35 heavy (non-hydrogen) atoms. The molecule has 4 N–H and O–H groups in total. The molecule has 10 unspecified atom stereocenters. The Labute approximate surface area is 210 Å². The van der Waals surface area contributed by atoms with Crippen molar-refractivity contribution >= 4 is 5.97 Å². The topological polar surface area (TPSA) is 120 Å². The number of allylic oxidation sites excluding steroid dienone is 2. The lowest BCUT2D eigenvalue weighted by Crippen LogP contribution is -2.29. The number of aliphatic hydroxyl groups is 4. The number of hydrogen-bond acceptors (Lipinski definition) is 7. The fourth-order valence-electron chi connectivity index (χ4n) is 4.66. The van der Waals surface area contributed by atoms with Crippen LogP contribution in [-0.2, 0) is 14.3 Å². The number of esters is 1. The van der Waals surface area contributed by atoms with Crippen LogP contribution in [0.15, 0.2) is 36.0 Å². The molecule has 0 bridgehead atoms. The average molecular weight is 495 g/mol. The predicted octanol–water partition coefficient (Wildman–Crippen LogP) is 3.45. The van der Waals surface area contributed by atoms with Gasteiger partial charge < -0.3 is 29.9 Å². The number of cyclic esters (lactones) is 1. The van der Waals surface area contributed by atoms with Crippen LogP contribution in [0.1, 0.15) is 73.6 Å². The molecule has 1 fully saturated rings. The van der Waals surface area contributed by atoms with Crippen LogP contribution in [0.2, 0.25) is 0 Å². The molecular formula is C28H46O7. The SMILES string of the molecule is CCC(O)C(C)C1OC1CC(C)(O)C=CC=C(C)C1OC(=O)CC(O)CCC(C)C(O)C=CC1C. The summed E-state index contributed by atoms with van der Waals surface area (Å²) in [7, 11) is 0. The molecule has 0 spiro atoms. The average Bonchev–Trinajstić information content (AvgIpc) is 3.55. The fraction of sp³-hybridized carbons (Fsp3) is 0.750. The van der Waals surface area contributed by atoms with E-state index in [0.717, 1.165) is 5.57 Å². The van der Waals surface area contributed by atoms with Crippen molar-refractivity contribution in [3.8, 4) is 0 Å². The molecule has 2 aliphatic rings. The van der Waals surface area contributed by atoms with Crippen LogP contribution in [-0.4, -0.2) is 68.6 Å². The van der Waals surface area contributed by atoms with Crippen molar-refractivity contribution in [1.82, 2.24) is 0 Å². The van der Waals surface area contributed by atoms with Gasteiger partial charge in [-0.1, -0.05) is 58.1 Å². The van der Waals surface area contributed by atoms with Crippen molar-refractivity contribution in [2.24, 2.45) is 17.8 Å². The molecule has 2 rings (SSSR count). The van der Waals surface area contributed by atoms with Gasteiger partial charge in [0.05, 0.1) is 42.5 Å². The smallest absolute Gasteiger partial charge is 0.309 e. The van der Waals surface area contributed by atoms with E-state index < -0.39 is 36.0 Å². The van der Waals surface area contributed by atoms with Gasteiger partial charge >= 0.3 is 5.97 Å². The molecule has 0 radical (unpaired) electrons. The third-order valence-electron chi connectivity index (χ3n) is 7.33. The molecule has 7 heteroatoms. The van der Waals surface area contributed by atoms with E-state index in [4.69, 9.17) is 9.47 Å². The Bertz CT molecular complexity index is 771. The summed E-state index contributed by atoms with van der Waals surface area (Å²) in [6.45, 7) is 11.3. The van der Waals surface area contributed by atoms with Crippen molar-refractivity contribution in [2.75, 3.05) is 0 Å². The first-order chi connectivity index (χ1) is 16.3. The van der Waals surface area contributed by atoms with E-state index in [2.05, 4.69) is 0 Å². The van der Waals surface area contributed by atoms with E-state index in [9.17, 15) is 25.2 Å². The molecule has 2 heterocycles. The van der Waals surface area contributed by atoms with E-state index in [1.54, 1.807) is 25.2 Å². The van der Waals surface area contributed by atoms with Crippen molar-refractivity contribution in [3.05, 3.63) is 36.0 Å². The number of aliphatic hydroxyl groups excluding tert-OH is 3. The van der Waals surface area contributed by atoms with Crippen LogP contribution >= 0.6 is 0 Å². The summed E-state index contributed by atoms with van der Waals surface area (Å²) in [5.74, 6) is -0.639. The lowest BCUT2D eigenvalue weighted by Gasteiger charge is -2.26. The van der Waals surface area contributed by atoms with E-state index in [1.165, 1.54) is 0 Å². The Morgan fingerprint density at radius 3 is 2.60 bits per heavy atom. The normalized spacial score (nSPS) is 36.6. The Morgan fingerprint density at radius 1 is 1.26 bits per heavy atom. The van der Waals surface area contributed by atoms with Gasteiger partial charge in [0.2, 0.25) is 0 Å². The summed E-state index contributed by atoms with van der Waals surface area (Å²) in [6.07, 6.45) is 8.39. The van der Waals surface area contributed by atoms with Crippen molar-refractivity contribution < 1.29 is 34.7 Å². The van der Waals surface area contributed by atoms with Gasteiger partial charge in [0, 0.05) is 18.3 Å². The minimum absolute atomic E-state index is 0.0212. The summed E-state index contributed by atoms with van der Waals surface area (Å²) in [4.78, 5) is 12.5. The highest BCUT2D eigenvalue weighted by Gasteiger charge is 2.47. The van der Waals surface area contributed by atoms with Crippen molar-refractivity contribution in [3.63, 3.8) is 0 Å². The van der Waals surface area contributed by atoms with Crippen molar-refractivity contribution in [2.45, 2.75) is 116 Å². The van der Waals surface area contributed by atoms with Gasteiger partial charge in [0.15, 0.2) is 0 Å². The molecule has 0 aromatic rings. The lowest BCUT2D eigenvalue weighted by atomic mass is 9.91. The maximum Gasteiger partial charge on any atom is 0.309 e. The second-order valence-electron chi connectivity index (χ2n) is 10.9. The molecule has 0 aromatic heterocycles. The van der Waals surface area contributed by atoms with Gasteiger partial charge in [-0.05, 0) is 44.6 Å². The molecule has 0 saturated carbocycles. The molecule has 10 atom stereocenters. The zero-order chi connectivity index (χ0) is 26.3. The third kappa shape index (κ3) is 9.47. The second kappa shape index (κ2) is 13.2. The van der Waals surface area contributed by atoms with E-state index >= 15 is 0 Å². The number of carbonyl (C=O) groups is 1. The van der Waals surface area contributed by atoms with Crippen LogP contribution in [0.25, 0.3) is 0 Å². The van der Waals surface area contributed by atoms with E-state index in [1.807, 2.05) is 46.8 Å². The van der Waals surface area contributed by atoms with Crippen LogP contribution in [0.4, 0.5) is 0 Å². The largest absolute Gasteiger partial charge is 0.457 e. The number of carbonyl (C=O) groups excluding carboxylic acids is 1. The quantitative estimate of drug-likeness (QED) is 0.177. The monoisotopic (exact) mass is 494 g/mol. The van der Waals surface area contributed by atoms with Gasteiger partial charge in [-0.3, -0.25) is 4.79 Å². The molecule has 200 valence electrons. The van der Waals surface area contributed by atoms with Crippen LogP contribution in [0, 0.1) is 17.8 Å². The minimum Gasteiger partial charge on any atom is -0.457 e. The van der Waals surface area contributed by atoms with Gasteiger partial charge in [0.1, 0.15) is 6.10 Å². The maximum atomic E-state index is 12.5. The lowest BCUT2D eigenvalue weighted by molar-refractivity contribution is -0.151. The fourth-order valence-corrected chi connectivity index (χ4v) is 4.66. The molecule has 0 amide bonds. The zero-order valence-corrected chi connectivity index (χ0v) is 22.1. The standard InChI is InChI=1S/C28H46O7/c1-7-22(30)20(5)27-24(34-27)16-28(6,33)14-8-9-18(3)26-19(4)11-13-23(31)17(2)10-12-21(29)15-25(32)35-26/h8-9,11,13-14,17,19-24,26-27,29-31,33H,7,10,12,15-16H2,1-6H3. The molecule has 2 aliphatic heterocycles. The predicted molar refractivity (Wildman–Crippen MR) is 135 cm³/mol.